The highest BCUT2D eigenvalue weighted by Crippen LogP contribution is 2.26. The molecule has 1 aromatic carbocycles. The van der Waals surface area contributed by atoms with E-state index in [1.165, 1.54) is 16.7 Å². The molecule has 1 amide bonds. The highest BCUT2D eigenvalue weighted by molar-refractivity contribution is 9.10. The van der Waals surface area contributed by atoms with Gasteiger partial charge in [0.05, 0.1) is 6.04 Å². The lowest BCUT2D eigenvalue weighted by Crippen LogP contribution is -2.44. The number of aryl methyl sites for hydroxylation is 1. The molecule has 1 atom stereocenters. The maximum Gasteiger partial charge on any atom is 0.239 e. The molecular formula is C13H17BrN2O. The number of benzene rings is 1. The Labute approximate surface area is 110 Å². The number of hydrogen-bond donors (Lipinski definition) is 1. The third kappa shape index (κ3) is 2.53. The lowest BCUT2D eigenvalue weighted by molar-refractivity contribution is -0.133. The average Bonchev–Trinajstić information content (AvgIpc) is 2.27. The molecule has 1 heterocycles. The van der Waals surface area contributed by atoms with Gasteiger partial charge in [-0.3, -0.25) is 4.79 Å². The molecule has 0 fully saturated rings. The number of hydrogen-bond acceptors (Lipinski definition) is 2. The fourth-order valence-electron chi connectivity index (χ4n) is 2.29. The van der Waals surface area contributed by atoms with Crippen LogP contribution in [0.1, 0.15) is 23.6 Å². The standard InChI is InChI=1S/C13H17BrN2O/c1-8-5-11(14)6-10-3-4-16(7-12(8)10)13(17)9(2)15/h5-6,9H,3-4,7,15H2,1-2H3/t9-/m1/s1. The van der Waals surface area contributed by atoms with E-state index in [2.05, 4.69) is 35.0 Å². The van der Waals surface area contributed by atoms with E-state index >= 15 is 0 Å². The Kier molecular flexibility index (Phi) is 3.54. The lowest BCUT2D eigenvalue weighted by atomic mass is 9.95. The monoisotopic (exact) mass is 296 g/mol. The number of amides is 1. The minimum Gasteiger partial charge on any atom is -0.337 e. The van der Waals surface area contributed by atoms with Gasteiger partial charge in [0.2, 0.25) is 5.91 Å². The molecule has 0 spiro atoms. The maximum atomic E-state index is 11.9. The van der Waals surface area contributed by atoms with Gasteiger partial charge >= 0.3 is 0 Å². The van der Waals surface area contributed by atoms with Gasteiger partial charge in [-0.2, -0.15) is 0 Å². The van der Waals surface area contributed by atoms with Gasteiger partial charge in [-0.15, -0.1) is 0 Å². The van der Waals surface area contributed by atoms with Crippen molar-refractivity contribution in [3.05, 3.63) is 33.3 Å². The zero-order valence-corrected chi connectivity index (χ0v) is 11.8. The Bertz CT molecular complexity index is 457. The highest BCUT2D eigenvalue weighted by atomic mass is 79.9. The van der Waals surface area contributed by atoms with Crippen molar-refractivity contribution in [2.24, 2.45) is 5.73 Å². The molecule has 0 bridgehead atoms. The van der Waals surface area contributed by atoms with Crippen LogP contribution in [0.4, 0.5) is 0 Å². The molecule has 3 nitrogen and oxygen atoms in total. The molecule has 1 aliphatic heterocycles. The number of carbonyl (C=O) groups excluding carboxylic acids is 1. The molecule has 0 saturated heterocycles. The van der Waals surface area contributed by atoms with Crippen LogP contribution in [0.5, 0.6) is 0 Å². The summed E-state index contributed by atoms with van der Waals surface area (Å²) in [7, 11) is 0. The Morgan fingerprint density at radius 3 is 2.88 bits per heavy atom. The van der Waals surface area contributed by atoms with Gasteiger partial charge in [0.1, 0.15) is 0 Å². The Morgan fingerprint density at radius 1 is 1.53 bits per heavy atom. The summed E-state index contributed by atoms with van der Waals surface area (Å²) in [5, 5.41) is 0. The van der Waals surface area contributed by atoms with E-state index in [0.717, 1.165) is 17.4 Å². The van der Waals surface area contributed by atoms with Crippen LogP contribution >= 0.6 is 15.9 Å². The smallest absolute Gasteiger partial charge is 0.239 e. The van der Waals surface area contributed by atoms with Crippen LogP contribution in [0, 0.1) is 6.92 Å². The Balaban J connectivity index is 2.27. The fourth-order valence-corrected chi connectivity index (χ4v) is 2.91. The first-order valence-electron chi connectivity index (χ1n) is 5.81. The quantitative estimate of drug-likeness (QED) is 0.861. The zero-order chi connectivity index (χ0) is 12.6. The predicted octanol–water partition coefficient (Wildman–Crippen LogP) is 1.99. The van der Waals surface area contributed by atoms with Gasteiger partial charge in [0.25, 0.3) is 0 Å². The summed E-state index contributed by atoms with van der Waals surface area (Å²) in [4.78, 5) is 13.7. The van der Waals surface area contributed by atoms with E-state index in [-0.39, 0.29) is 5.91 Å². The molecule has 0 radical (unpaired) electrons. The average molecular weight is 297 g/mol. The predicted molar refractivity (Wildman–Crippen MR) is 71.6 cm³/mol. The largest absolute Gasteiger partial charge is 0.337 e. The first-order valence-corrected chi connectivity index (χ1v) is 6.60. The molecule has 0 unspecified atom stereocenters. The first kappa shape index (κ1) is 12.6. The molecule has 0 saturated carbocycles. The van der Waals surface area contributed by atoms with Crippen molar-refractivity contribution in [3.8, 4) is 0 Å². The normalized spacial score (nSPS) is 16.6. The van der Waals surface area contributed by atoms with E-state index in [1.54, 1.807) is 6.92 Å². The van der Waals surface area contributed by atoms with Gasteiger partial charge in [0, 0.05) is 17.6 Å². The van der Waals surface area contributed by atoms with Crippen molar-refractivity contribution in [2.45, 2.75) is 32.9 Å². The summed E-state index contributed by atoms with van der Waals surface area (Å²) < 4.78 is 1.11. The van der Waals surface area contributed by atoms with Crippen molar-refractivity contribution < 1.29 is 4.79 Å². The second kappa shape index (κ2) is 4.78. The van der Waals surface area contributed by atoms with E-state index in [1.807, 2.05) is 4.90 Å². The van der Waals surface area contributed by atoms with E-state index in [4.69, 9.17) is 5.73 Å². The molecule has 1 aliphatic rings. The van der Waals surface area contributed by atoms with Crippen molar-refractivity contribution >= 4 is 21.8 Å². The highest BCUT2D eigenvalue weighted by Gasteiger charge is 2.23. The van der Waals surface area contributed by atoms with Crippen LogP contribution in [-0.2, 0) is 17.8 Å². The van der Waals surface area contributed by atoms with Crippen LogP contribution in [0.2, 0.25) is 0 Å². The summed E-state index contributed by atoms with van der Waals surface area (Å²) in [6.07, 6.45) is 0.911. The van der Waals surface area contributed by atoms with E-state index in [0.29, 0.717) is 6.54 Å². The van der Waals surface area contributed by atoms with E-state index in [9.17, 15) is 4.79 Å². The third-order valence-electron chi connectivity index (χ3n) is 3.23. The van der Waals surface area contributed by atoms with Gasteiger partial charge in [-0.05, 0) is 49.1 Å². The summed E-state index contributed by atoms with van der Waals surface area (Å²) >= 11 is 3.51. The van der Waals surface area contributed by atoms with Gasteiger partial charge in [-0.1, -0.05) is 15.9 Å². The molecule has 2 N–H and O–H groups in total. The van der Waals surface area contributed by atoms with Crippen LogP contribution in [0.15, 0.2) is 16.6 Å². The van der Waals surface area contributed by atoms with Crippen molar-refractivity contribution in [2.75, 3.05) is 6.54 Å². The summed E-state index contributed by atoms with van der Waals surface area (Å²) in [6, 6.07) is 3.83. The second-order valence-corrected chi connectivity index (χ2v) is 5.57. The van der Waals surface area contributed by atoms with Crippen LogP contribution < -0.4 is 5.73 Å². The molecule has 4 heteroatoms. The number of rotatable bonds is 1. The SMILES string of the molecule is Cc1cc(Br)cc2c1CN(C(=O)[C@@H](C)N)CC2. The summed E-state index contributed by atoms with van der Waals surface area (Å²) in [5.74, 6) is 0.0398. The van der Waals surface area contributed by atoms with Gasteiger partial charge < -0.3 is 10.6 Å². The minimum absolute atomic E-state index is 0.0398. The molecule has 0 aromatic heterocycles. The fraction of sp³-hybridized carbons (Fsp3) is 0.462. The number of halogens is 1. The number of nitrogens with zero attached hydrogens (tertiary/aromatic N) is 1. The Morgan fingerprint density at radius 2 is 2.24 bits per heavy atom. The van der Waals surface area contributed by atoms with Gasteiger partial charge in [-0.25, -0.2) is 0 Å². The molecule has 17 heavy (non-hydrogen) atoms. The minimum atomic E-state index is -0.410. The number of nitrogens with two attached hydrogens (primary N) is 1. The zero-order valence-electron chi connectivity index (χ0n) is 10.2. The molecule has 0 aliphatic carbocycles. The maximum absolute atomic E-state index is 11.9. The topological polar surface area (TPSA) is 46.3 Å². The van der Waals surface area contributed by atoms with Crippen LogP contribution in [0.25, 0.3) is 0 Å². The lowest BCUT2D eigenvalue weighted by Gasteiger charge is -2.31. The number of carbonyl (C=O) groups is 1. The molecular weight excluding hydrogens is 280 g/mol. The Hall–Kier alpha value is -0.870. The second-order valence-electron chi connectivity index (χ2n) is 4.66. The van der Waals surface area contributed by atoms with Crippen LogP contribution in [-0.4, -0.2) is 23.4 Å². The summed E-state index contributed by atoms with van der Waals surface area (Å²) in [6.45, 7) is 5.29. The third-order valence-corrected chi connectivity index (χ3v) is 3.69. The first-order chi connectivity index (χ1) is 7.99. The van der Waals surface area contributed by atoms with Crippen LogP contribution in [0.3, 0.4) is 0 Å². The molecule has 92 valence electrons. The summed E-state index contributed by atoms with van der Waals surface area (Å²) in [5.41, 5.74) is 9.49. The van der Waals surface area contributed by atoms with Crippen molar-refractivity contribution in [3.63, 3.8) is 0 Å². The molecule has 1 aromatic rings. The van der Waals surface area contributed by atoms with Crippen molar-refractivity contribution in [1.29, 1.82) is 0 Å². The number of fused-ring (bicyclic) bond motifs is 1. The van der Waals surface area contributed by atoms with E-state index < -0.39 is 6.04 Å². The van der Waals surface area contributed by atoms with Crippen molar-refractivity contribution in [1.82, 2.24) is 4.90 Å². The molecule has 2 rings (SSSR count). The van der Waals surface area contributed by atoms with Gasteiger partial charge in [0.15, 0.2) is 0 Å².